The minimum Gasteiger partial charge on any atom is -0.497 e. The van der Waals surface area contributed by atoms with Crippen LogP contribution in [0.25, 0.3) is 16.8 Å². The Hall–Kier alpha value is -3.98. The van der Waals surface area contributed by atoms with Crippen molar-refractivity contribution in [3.8, 4) is 17.0 Å². The predicted molar refractivity (Wildman–Crippen MR) is 116 cm³/mol. The van der Waals surface area contributed by atoms with E-state index in [4.69, 9.17) is 4.74 Å². The molecular formula is C23H21FN4O4. The lowest BCUT2D eigenvalue weighted by molar-refractivity contribution is -0.121. The van der Waals surface area contributed by atoms with Gasteiger partial charge in [0.2, 0.25) is 5.91 Å². The summed E-state index contributed by atoms with van der Waals surface area (Å²) in [5.41, 5.74) is 1.82. The molecule has 4 rings (SSSR count). The molecule has 0 unspecified atom stereocenters. The highest BCUT2D eigenvalue weighted by molar-refractivity contribution is 5.76. The van der Waals surface area contributed by atoms with E-state index in [0.717, 1.165) is 5.56 Å². The second kappa shape index (κ2) is 9.03. The first-order valence-corrected chi connectivity index (χ1v) is 9.87. The van der Waals surface area contributed by atoms with Crippen molar-refractivity contribution < 1.29 is 19.0 Å². The number of hydrogen-bond acceptors (Lipinski definition) is 5. The van der Waals surface area contributed by atoms with E-state index in [2.05, 4.69) is 10.4 Å². The molecule has 8 nitrogen and oxygen atoms in total. The molecule has 2 aromatic carbocycles. The molecule has 0 saturated carbocycles. The highest BCUT2D eigenvalue weighted by Gasteiger charge is 2.18. The Morgan fingerprint density at radius 2 is 1.97 bits per heavy atom. The summed E-state index contributed by atoms with van der Waals surface area (Å²) in [5.74, 6) is -0.0545. The third-order valence-electron chi connectivity index (χ3n) is 5.07. The number of ether oxygens (including phenoxy) is 1. The van der Waals surface area contributed by atoms with Crippen molar-refractivity contribution >= 4 is 11.4 Å². The second-order valence-corrected chi connectivity index (χ2v) is 7.14. The molecule has 1 amide bonds. The van der Waals surface area contributed by atoms with Gasteiger partial charge in [-0.3, -0.25) is 9.59 Å². The van der Waals surface area contributed by atoms with Crippen LogP contribution in [0.1, 0.15) is 11.1 Å². The number of aliphatic hydroxyl groups excluding tert-OH is 1. The number of nitrogens with zero attached hydrogens (tertiary/aromatic N) is 3. The first-order valence-electron chi connectivity index (χ1n) is 9.87. The first-order chi connectivity index (χ1) is 15.5. The molecule has 0 bridgehead atoms. The van der Waals surface area contributed by atoms with Crippen molar-refractivity contribution in [2.75, 3.05) is 7.11 Å². The van der Waals surface area contributed by atoms with Crippen LogP contribution in [0.5, 0.6) is 5.75 Å². The highest BCUT2D eigenvalue weighted by atomic mass is 19.1. The smallest absolute Gasteiger partial charge is 0.277 e. The maximum absolute atomic E-state index is 13.3. The molecule has 9 heteroatoms. The molecule has 4 aromatic rings. The number of carbonyl (C=O) groups is 1. The average molecular weight is 436 g/mol. The zero-order valence-electron chi connectivity index (χ0n) is 17.3. The Labute approximate surface area is 182 Å². The monoisotopic (exact) mass is 436 g/mol. The van der Waals surface area contributed by atoms with Gasteiger partial charge in [0.25, 0.3) is 5.56 Å². The summed E-state index contributed by atoms with van der Waals surface area (Å²) in [7, 11) is 1.57. The fourth-order valence-corrected chi connectivity index (χ4v) is 3.46. The lowest BCUT2D eigenvalue weighted by Crippen LogP contribution is -2.32. The standard InChI is InChI=1S/C23H21FN4O4/c1-32-18-4-2-3-15(11-18)12-25-20(30)13-27-9-10-28-22(23(27)31)19(14-29)21(26-28)16-5-7-17(24)8-6-16/h2-11,29H,12-14H2,1H3,(H,25,30). The van der Waals surface area contributed by atoms with Gasteiger partial charge in [0.1, 0.15) is 23.6 Å². The van der Waals surface area contributed by atoms with Crippen LogP contribution < -0.4 is 15.6 Å². The van der Waals surface area contributed by atoms with Gasteiger partial charge in [-0.05, 0) is 42.0 Å². The lowest BCUT2D eigenvalue weighted by atomic mass is 10.1. The molecule has 0 saturated heterocycles. The normalized spacial score (nSPS) is 11.0. The van der Waals surface area contributed by atoms with Crippen molar-refractivity contribution in [3.05, 3.63) is 88.2 Å². The van der Waals surface area contributed by atoms with Gasteiger partial charge in [0.05, 0.1) is 19.4 Å². The number of carbonyl (C=O) groups excluding carboxylic acids is 1. The van der Waals surface area contributed by atoms with Gasteiger partial charge in [-0.15, -0.1) is 0 Å². The summed E-state index contributed by atoms with van der Waals surface area (Å²) >= 11 is 0. The number of hydrogen-bond donors (Lipinski definition) is 2. The Bertz CT molecular complexity index is 1330. The van der Waals surface area contributed by atoms with E-state index in [1.54, 1.807) is 7.11 Å². The SMILES string of the molecule is COc1cccc(CNC(=O)Cn2ccn3nc(-c4ccc(F)cc4)c(CO)c3c2=O)c1. The van der Waals surface area contributed by atoms with E-state index >= 15 is 0 Å². The molecule has 0 aliphatic rings. The first kappa shape index (κ1) is 21.3. The average Bonchev–Trinajstić information content (AvgIpc) is 3.19. The molecule has 0 fully saturated rings. The van der Waals surface area contributed by atoms with Gasteiger partial charge >= 0.3 is 0 Å². The van der Waals surface area contributed by atoms with Gasteiger partial charge in [0.15, 0.2) is 0 Å². The zero-order valence-corrected chi connectivity index (χ0v) is 17.3. The van der Waals surface area contributed by atoms with Gasteiger partial charge < -0.3 is 19.7 Å². The van der Waals surface area contributed by atoms with Crippen LogP contribution in [-0.4, -0.2) is 32.3 Å². The maximum Gasteiger partial charge on any atom is 0.277 e. The summed E-state index contributed by atoms with van der Waals surface area (Å²) in [6, 6.07) is 12.9. The number of rotatable bonds is 7. The van der Waals surface area contributed by atoms with Gasteiger partial charge in [-0.2, -0.15) is 5.10 Å². The Kier molecular flexibility index (Phi) is 6.00. The van der Waals surface area contributed by atoms with Crippen LogP contribution in [-0.2, 0) is 24.5 Å². The Balaban J connectivity index is 1.58. The molecule has 32 heavy (non-hydrogen) atoms. The van der Waals surface area contributed by atoms with E-state index in [9.17, 15) is 19.1 Å². The molecule has 0 aliphatic carbocycles. The number of methoxy groups -OCH3 is 1. The van der Waals surface area contributed by atoms with E-state index in [0.29, 0.717) is 22.6 Å². The number of fused-ring (bicyclic) bond motifs is 1. The third-order valence-corrected chi connectivity index (χ3v) is 5.07. The van der Waals surface area contributed by atoms with Crippen LogP contribution in [0, 0.1) is 5.82 Å². The van der Waals surface area contributed by atoms with Crippen molar-refractivity contribution in [2.24, 2.45) is 0 Å². The Morgan fingerprint density at radius 3 is 2.69 bits per heavy atom. The van der Waals surface area contributed by atoms with Gasteiger partial charge in [-0.25, -0.2) is 8.91 Å². The molecule has 164 valence electrons. The van der Waals surface area contributed by atoms with Crippen molar-refractivity contribution in [1.82, 2.24) is 19.5 Å². The Morgan fingerprint density at radius 1 is 1.19 bits per heavy atom. The molecule has 2 heterocycles. The third kappa shape index (κ3) is 4.23. The summed E-state index contributed by atoms with van der Waals surface area (Å²) < 4.78 is 21.0. The number of benzene rings is 2. The van der Waals surface area contributed by atoms with E-state index in [1.165, 1.54) is 45.7 Å². The van der Waals surface area contributed by atoms with Crippen LogP contribution in [0.15, 0.2) is 65.7 Å². The van der Waals surface area contributed by atoms with Crippen molar-refractivity contribution in [2.45, 2.75) is 19.7 Å². The van der Waals surface area contributed by atoms with Crippen molar-refractivity contribution in [3.63, 3.8) is 0 Å². The van der Waals surface area contributed by atoms with Gasteiger partial charge in [-0.1, -0.05) is 12.1 Å². The van der Waals surface area contributed by atoms with Crippen LogP contribution >= 0.6 is 0 Å². The molecule has 0 radical (unpaired) electrons. The summed E-state index contributed by atoms with van der Waals surface area (Å²) in [6.45, 7) is -0.338. The molecular weight excluding hydrogens is 415 g/mol. The topological polar surface area (TPSA) is 97.9 Å². The second-order valence-electron chi connectivity index (χ2n) is 7.14. The zero-order chi connectivity index (χ0) is 22.7. The largest absolute Gasteiger partial charge is 0.497 e. The van der Waals surface area contributed by atoms with E-state index in [-0.39, 0.29) is 24.5 Å². The number of halogens is 1. The number of nitrogens with one attached hydrogen (secondary N) is 1. The van der Waals surface area contributed by atoms with E-state index in [1.807, 2.05) is 24.3 Å². The van der Waals surface area contributed by atoms with Crippen LogP contribution in [0.4, 0.5) is 4.39 Å². The maximum atomic E-state index is 13.3. The fourth-order valence-electron chi connectivity index (χ4n) is 3.46. The minimum atomic E-state index is -0.464. The number of aliphatic hydroxyl groups is 1. The molecule has 0 atom stereocenters. The summed E-state index contributed by atoms with van der Waals surface area (Å²) in [5, 5.41) is 17.0. The summed E-state index contributed by atoms with van der Waals surface area (Å²) in [4.78, 5) is 25.5. The number of amides is 1. The lowest BCUT2D eigenvalue weighted by Gasteiger charge is -2.09. The highest BCUT2D eigenvalue weighted by Crippen LogP contribution is 2.25. The number of aromatic nitrogens is 3. The summed E-state index contributed by atoms with van der Waals surface area (Å²) in [6.07, 6.45) is 3.00. The van der Waals surface area contributed by atoms with Crippen LogP contribution in [0.2, 0.25) is 0 Å². The predicted octanol–water partition coefficient (Wildman–Crippen LogP) is 2.12. The van der Waals surface area contributed by atoms with Crippen molar-refractivity contribution in [1.29, 1.82) is 0 Å². The van der Waals surface area contributed by atoms with Gasteiger partial charge in [0, 0.05) is 30.1 Å². The molecule has 0 spiro atoms. The van der Waals surface area contributed by atoms with E-state index < -0.39 is 18.0 Å². The van der Waals surface area contributed by atoms with Crippen LogP contribution in [0.3, 0.4) is 0 Å². The minimum absolute atomic E-state index is 0.162. The quantitative estimate of drug-likeness (QED) is 0.463. The molecule has 2 N–H and O–H groups in total. The molecule has 0 aliphatic heterocycles. The fraction of sp³-hybridized carbons (Fsp3) is 0.174. The molecule has 2 aromatic heterocycles.